The Bertz CT molecular complexity index is 894. The molecule has 1 nitrogen and oxygen atoms in total. The number of ether oxygens (including phenoxy) is 1. The quantitative estimate of drug-likeness (QED) is 0.291. The van der Waals surface area contributed by atoms with Crippen molar-refractivity contribution in [3.8, 4) is 0 Å². The van der Waals surface area contributed by atoms with Gasteiger partial charge in [-0.05, 0) is 0 Å². The molecule has 0 aliphatic heterocycles. The maximum absolute atomic E-state index is 6.99. The summed E-state index contributed by atoms with van der Waals surface area (Å²) in [7, 11) is 0. The molecule has 0 N–H and O–H groups in total. The molecule has 4 fully saturated rings. The molecule has 4 saturated carbocycles. The van der Waals surface area contributed by atoms with Crippen molar-refractivity contribution in [2.75, 3.05) is 0 Å². The maximum atomic E-state index is 6.99. The molecule has 0 saturated heterocycles. The van der Waals surface area contributed by atoms with Gasteiger partial charge in [0.2, 0.25) is 0 Å². The molecule has 9 atom stereocenters. The SMILES string of the molecule is CC(C)CCC[C@@H](C)[C@H]1C(OC(=[Se])c2ccccc2)C[C@H]2[C@@H]3CCC4CCCC[C@]4(C)[C@H]3CC[C@]12C. The van der Waals surface area contributed by atoms with E-state index in [4.69, 9.17) is 4.74 Å². The van der Waals surface area contributed by atoms with Crippen LogP contribution in [0.4, 0.5) is 0 Å². The van der Waals surface area contributed by atoms with E-state index >= 15 is 0 Å². The van der Waals surface area contributed by atoms with Crippen LogP contribution >= 0.6 is 0 Å². The molecule has 5 rings (SSSR count). The third-order valence-corrected chi connectivity index (χ3v) is 12.7. The molecule has 0 spiro atoms. The molecule has 0 aromatic heterocycles. The van der Waals surface area contributed by atoms with Gasteiger partial charge in [-0.25, -0.2) is 0 Å². The average Bonchev–Trinajstić information content (AvgIpc) is 3.15. The Morgan fingerprint density at radius 1 is 0.917 bits per heavy atom. The van der Waals surface area contributed by atoms with E-state index in [1.54, 1.807) is 0 Å². The summed E-state index contributed by atoms with van der Waals surface area (Å²) in [5.41, 5.74) is 2.24. The van der Waals surface area contributed by atoms with Gasteiger partial charge in [0.15, 0.2) is 0 Å². The third-order valence-electron chi connectivity index (χ3n) is 12.0. The van der Waals surface area contributed by atoms with E-state index < -0.39 is 0 Å². The van der Waals surface area contributed by atoms with Crippen molar-refractivity contribution in [2.24, 2.45) is 52.3 Å². The Kier molecular flexibility index (Phi) is 8.16. The minimum atomic E-state index is 0.348. The second kappa shape index (κ2) is 10.9. The van der Waals surface area contributed by atoms with Crippen molar-refractivity contribution in [2.45, 2.75) is 118 Å². The molecule has 200 valence electrons. The van der Waals surface area contributed by atoms with Gasteiger partial charge in [0.1, 0.15) is 0 Å². The molecule has 2 heteroatoms. The van der Waals surface area contributed by atoms with Crippen LogP contribution in [-0.2, 0) is 4.74 Å². The first-order valence-corrected chi connectivity index (χ1v) is 16.4. The molecule has 1 aromatic carbocycles. The molecule has 36 heavy (non-hydrogen) atoms. The number of rotatable bonds is 8. The van der Waals surface area contributed by atoms with Crippen LogP contribution < -0.4 is 0 Å². The van der Waals surface area contributed by atoms with Gasteiger partial charge in [0, 0.05) is 0 Å². The van der Waals surface area contributed by atoms with E-state index in [-0.39, 0.29) is 0 Å². The first kappa shape index (κ1) is 27.0. The molecule has 0 radical (unpaired) electrons. The first-order chi connectivity index (χ1) is 17.2. The molecular formula is C34H52OSe. The topological polar surface area (TPSA) is 9.23 Å². The fraction of sp³-hybridized carbons (Fsp3) is 0.794. The predicted octanol–water partition coefficient (Wildman–Crippen LogP) is 8.84. The first-order valence-electron chi connectivity index (χ1n) is 15.5. The standard InChI is InChI=1S/C34H52OSe/c1-23(2)12-11-13-24(3)31-30(35-32(36)25-14-7-6-8-15-25)22-29-27-18-17-26-16-9-10-20-33(26,4)28(27)19-21-34(29,31)5/h6-8,14-15,23-24,26-31H,9-13,16-22H2,1-5H3/t24-,26?,27-,28+,29+,30?,31+,33+,34+/m1/s1. The molecule has 0 bridgehead atoms. The Labute approximate surface area is 230 Å². The fourth-order valence-corrected chi connectivity index (χ4v) is 10.8. The number of hydrogen-bond acceptors (Lipinski definition) is 1. The normalized spacial score (nSPS) is 40.7. The Balaban J connectivity index is 1.41. The van der Waals surface area contributed by atoms with Gasteiger partial charge >= 0.3 is 231 Å². The summed E-state index contributed by atoms with van der Waals surface area (Å²) in [4.78, 5) is 0. The van der Waals surface area contributed by atoms with Gasteiger partial charge in [-0.3, -0.25) is 0 Å². The van der Waals surface area contributed by atoms with E-state index in [0.717, 1.165) is 40.1 Å². The van der Waals surface area contributed by atoms with Crippen LogP contribution in [0.25, 0.3) is 0 Å². The van der Waals surface area contributed by atoms with Crippen molar-refractivity contribution >= 4 is 20.2 Å². The van der Waals surface area contributed by atoms with Crippen molar-refractivity contribution in [1.82, 2.24) is 0 Å². The summed E-state index contributed by atoms with van der Waals surface area (Å²) in [6.45, 7) is 12.7. The Hall–Kier alpha value is -0.591. The number of benzene rings is 1. The summed E-state index contributed by atoms with van der Waals surface area (Å²) >= 11 is 3.33. The minimum absolute atomic E-state index is 0.348. The zero-order chi connectivity index (χ0) is 25.5. The van der Waals surface area contributed by atoms with Crippen LogP contribution in [0.1, 0.15) is 117 Å². The molecule has 0 amide bonds. The Morgan fingerprint density at radius 3 is 2.44 bits per heavy atom. The monoisotopic (exact) mass is 556 g/mol. The van der Waals surface area contributed by atoms with Crippen molar-refractivity contribution in [1.29, 1.82) is 0 Å². The number of fused-ring (bicyclic) bond motifs is 5. The zero-order valence-electron chi connectivity index (χ0n) is 23.8. The van der Waals surface area contributed by atoms with Crippen LogP contribution in [0.15, 0.2) is 30.3 Å². The van der Waals surface area contributed by atoms with Crippen LogP contribution in [0.2, 0.25) is 0 Å². The summed E-state index contributed by atoms with van der Waals surface area (Å²) in [5.74, 6) is 5.91. The van der Waals surface area contributed by atoms with Crippen LogP contribution in [-0.4, -0.2) is 26.3 Å². The van der Waals surface area contributed by atoms with Crippen LogP contribution in [0.5, 0.6) is 0 Å². The van der Waals surface area contributed by atoms with Gasteiger partial charge in [-0.15, -0.1) is 0 Å². The molecule has 1 aromatic rings. The van der Waals surface area contributed by atoms with Crippen LogP contribution in [0.3, 0.4) is 0 Å². The number of hydrogen-bond donors (Lipinski definition) is 0. The summed E-state index contributed by atoms with van der Waals surface area (Å²) < 4.78 is 8.00. The van der Waals surface area contributed by atoms with Crippen molar-refractivity contribution in [3.63, 3.8) is 0 Å². The second-order valence-corrected chi connectivity index (χ2v) is 15.1. The fourth-order valence-electron chi connectivity index (χ4n) is 10.3. The van der Waals surface area contributed by atoms with Crippen LogP contribution in [0, 0.1) is 52.3 Å². The average molecular weight is 556 g/mol. The summed E-state index contributed by atoms with van der Waals surface area (Å²) in [5, 5.41) is 0. The van der Waals surface area contributed by atoms with Gasteiger partial charge in [0.05, 0.1) is 0 Å². The van der Waals surface area contributed by atoms with Gasteiger partial charge < -0.3 is 0 Å². The molecule has 4 aliphatic carbocycles. The van der Waals surface area contributed by atoms with E-state index in [2.05, 4.69) is 80.5 Å². The van der Waals surface area contributed by atoms with Gasteiger partial charge in [0.25, 0.3) is 0 Å². The zero-order valence-corrected chi connectivity index (χ0v) is 25.5. The molecule has 0 heterocycles. The van der Waals surface area contributed by atoms with Gasteiger partial charge in [-0.2, -0.15) is 0 Å². The third kappa shape index (κ3) is 4.93. The van der Waals surface area contributed by atoms with Gasteiger partial charge in [-0.1, -0.05) is 0 Å². The Morgan fingerprint density at radius 2 is 1.69 bits per heavy atom. The summed E-state index contributed by atoms with van der Waals surface area (Å²) in [6, 6.07) is 10.7. The summed E-state index contributed by atoms with van der Waals surface area (Å²) in [6.07, 6.45) is 17.5. The predicted molar refractivity (Wildman–Crippen MR) is 154 cm³/mol. The molecule has 2 unspecified atom stereocenters. The van der Waals surface area contributed by atoms with E-state index in [1.165, 1.54) is 82.6 Å². The second-order valence-electron chi connectivity index (χ2n) is 14.3. The van der Waals surface area contributed by atoms with E-state index in [0.29, 0.717) is 22.9 Å². The van der Waals surface area contributed by atoms with Crippen molar-refractivity contribution < 1.29 is 4.74 Å². The molecular weight excluding hydrogens is 503 g/mol. The van der Waals surface area contributed by atoms with E-state index in [1.807, 2.05) is 0 Å². The van der Waals surface area contributed by atoms with Crippen molar-refractivity contribution in [3.05, 3.63) is 35.9 Å². The molecule has 4 aliphatic rings. The van der Waals surface area contributed by atoms with E-state index in [9.17, 15) is 0 Å².